The summed E-state index contributed by atoms with van der Waals surface area (Å²) in [6.07, 6.45) is 1.55. The van der Waals surface area contributed by atoms with E-state index in [4.69, 9.17) is 4.74 Å². The maximum Gasteiger partial charge on any atom is 0.270 e. The Morgan fingerprint density at radius 2 is 1.85 bits per heavy atom. The third-order valence-electron chi connectivity index (χ3n) is 6.76. The van der Waals surface area contributed by atoms with Crippen LogP contribution in [0.4, 0.5) is 17.1 Å². The van der Waals surface area contributed by atoms with Crippen LogP contribution in [-0.2, 0) is 19.4 Å². The van der Waals surface area contributed by atoms with Gasteiger partial charge in [0.15, 0.2) is 0 Å². The van der Waals surface area contributed by atoms with Crippen LogP contribution in [0.5, 0.6) is 5.75 Å². The van der Waals surface area contributed by atoms with Crippen LogP contribution in [0.15, 0.2) is 54.6 Å². The maximum atomic E-state index is 13.6. The summed E-state index contributed by atoms with van der Waals surface area (Å²) in [5.41, 5.74) is 6.28. The summed E-state index contributed by atoms with van der Waals surface area (Å²) < 4.78 is 6.12. The molecule has 5 rings (SSSR count). The Morgan fingerprint density at radius 3 is 2.62 bits per heavy atom. The number of non-ortho nitro benzene ring substituents is 1. The van der Waals surface area contributed by atoms with Crippen molar-refractivity contribution in [1.82, 2.24) is 0 Å². The second-order valence-corrected chi connectivity index (χ2v) is 9.08. The maximum absolute atomic E-state index is 13.6. The number of anilines is 2. The van der Waals surface area contributed by atoms with Crippen molar-refractivity contribution in [3.8, 4) is 5.75 Å². The molecule has 7 nitrogen and oxygen atoms in total. The number of benzene rings is 3. The predicted octanol–water partition coefficient (Wildman–Crippen LogP) is 5.07. The van der Waals surface area contributed by atoms with Crippen molar-refractivity contribution < 1.29 is 14.5 Å². The Labute approximate surface area is 198 Å². The molecule has 2 aliphatic heterocycles. The lowest BCUT2D eigenvalue weighted by atomic mass is 10.1. The van der Waals surface area contributed by atoms with Crippen LogP contribution in [0.1, 0.15) is 39.5 Å². The van der Waals surface area contributed by atoms with Gasteiger partial charge in [0, 0.05) is 37.5 Å². The summed E-state index contributed by atoms with van der Waals surface area (Å²) in [5.74, 6) is 0.681. The number of hydrogen-bond acceptors (Lipinski definition) is 5. The highest BCUT2D eigenvalue weighted by molar-refractivity contribution is 6.12. The van der Waals surface area contributed by atoms with Crippen molar-refractivity contribution in [3.05, 3.63) is 92.5 Å². The summed E-state index contributed by atoms with van der Waals surface area (Å²) in [6, 6.07) is 17.1. The van der Waals surface area contributed by atoms with Crippen LogP contribution in [0.2, 0.25) is 0 Å². The van der Waals surface area contributed by atoms with Gasteiger partial charge in [-0.15, -0.1) is 0 Å². The van der Waals surface area contributed by atoms with Gasteiger partial charge >= 0.3 is 0 Å². The first-order chi connectivity index (χ1) is 16.4. The van der Waals surface area contributed by atoms with Gasteiger partial charge in [-0.3, -0.25) is 14.9 Å². The van der Waals surface area contributed by atoms with Gasteiger partial charge in [0.2, 0.25) is 0 Å². The molecule has 0 spiro atoms. The molecule has 0 bridgehead atoms. The second-order valence-electron chi connectivity index (χ2n) is 9.08. The standard InChI is InChI=1S/C27H27N3O4/c1-4-18-10-19(12-21(11-18)30(32)33)16-34-26-14-25-23(9-17(26)2)27(31)29-22(15-28(25)3)13-20-7-5-6-8-24(20)29/h5-12,14,22H,4,13,15-16H2,1-3H3/t22-/m0/s1. The summed E-state index contributed by atoms with van der Waals surface area (Å²) in [6.45, 7) is 4.83. The van der Waals surface area contributed by atoms with Gasteiger partial charge in [-0.05, 0) is 54.2 Å². The molecule has 2 aliphatic rings. The number of rotatable bonds is 5. The fourth-order valence-electron chi connectivity index (χ4n) is 5.04. The zero-order valence-corrected chi connectivity index (χ0v) is 19.6. The monoisotopic (exact) mass is 457 g/mol. The number of carbonyl (C=O) groups excluding carboxylic acids is 1. The number of hydrogen-bond donors (Lipinski definition) is 0. The number of nitro groups is 1. The minimum absolute atomic E-state index is 0.00946. The first-order valence-electron chi connectivity index (χ1n) is 11.5. The largest absolute Gasteiger partial charge is 0.489 e. The van der Waals surface area contributed by atoms with Gasteiger partial charge in [-0.1, -0.05) is 31.2 Å². The number of nitro benzene ring substituents is 1. The first kappa shape index (κ1) is 21.9. The van der Waals surface area contributed by atoms with Gasteiger partial charge in [0.05, 0.1) is 22.2 Å². The number of carbonyl (C=O) groups is 1. The van der Waals surface area contributed by atoms with E-state index in [-0.39, 0.29) is 29.2 Å². The van der Waals surface area contributed by atoms with E-state index in [2.05, 4.69) is 11.0 Å². The van der Waals surface area contributed by atoms with Gasteiger partial charge in [-0.25, -0.2) is 0 Å². The molecule has 2 heterocycles. The Hall–Kier alpha value is -3.87. The summed E-state index contributed by atoms with van der Waals surface area (Å²) >= 11 is 0. The van der Waals surface area contributed by atoms with Crippen LogP contribution in [-0.4, -0.2) is 30.5 Å². The smallest absolute Gasteiger partial charge is 0.270 e. The van der Waals surface area contributed by atoms with Crippen molar-refractivity contribution in [3.63, 3.8) is 0 Å². The molecule has 0 radical (unpaired) electrons. The molecule has 3 aromatic rings. The van der Waals surface area contributed by atoms with E-state index >= 15 is 0 Å². The lowest BCUT2D eigenvalue weighted by Gasteiger charge is -2.25. The molecule has 0 aliphatic carbocycles. The van der Waals surface area contributed by atoms with Crippen LogP contribution >= 0.6 is 0 Å². The van der Waals surface area contributed by atoms with E-state index in [9.17, 15) is 14.9 Å². The third kappa shape index (κ3) is 3.77. The Bertz CT molecular complexity index is 1300. The average molecular weight is 458 g/mol. The molecular weight excluding hydrogens is 430 g/mol. The molecule has 174 valence electrons. The predicted molar refractivity (Wildman–Crippen MR) is 132 cm³/mol. The quantitative estimate of drug-likeness (QED) is 0.395. The van der Waals surface area contributed by atoms with Gasteiger partial charge in [0.25, 0.3) is 11.6 Å². The van der Waals surface area contributed by atoms with Crippen LogP contribution in [0, 0.1) is 17.0 Å². The average Bonchev–Trinajstić information content (AvgIpc) is 3.15. The molecule has 0 aromatic heterocycles. The molecule has 1 atom stereocenters. The highest BCUT2D eigenvalue weighted by Gasteiger charge is 2.38. The molecule has 0 unspecified atom stereocenters. The molecule has 34 heavy (non-hydrogen) atoms. The van der Waals surface area contributed by atoms with Crippen molar-refractivity contribution in [2.24, 2.45) is 0 Å². The van der Waals surface area contributed by atoms with Crippen LogP contribution < -0.4 is 14.5 Å². The Kier molecular flexibility index (Phi) is 5.48. The second kappa shape index (κ2) is 8.48. The lowest BCUT2D eigenvalue weighted by Crippen LogP contribution is -2.41. The molecule has 0 N–H and O–H groups in total. The van der Waals surface area contributed by atoms with E-state index in [1.54, 1.807) is 12.1 Å². The summed E-state index contributed by atoms with van der Waals surface area (Å²) in [5, 5.41) is 11.3. The molecule has 0 saturated heterocycles. The highest BCUT2D eigenvalue weighted by Crippen LogP contribution is 2.40. The van der Waals surface area contributed by atoms with Crippen LogP contribution in [0.25, 0.3) is 0 Å². The van der Waals surface area contributed by atoms with Crippen LogP contribution in [0.3, 0.4) is 0 Å². The lowest BCUT2D eigenvalue weighted by molar-refractivity contribution is -0.385. The van der Waals surface area contributed by atoms with E-state index in [1.807, 2.05) is 62.2 Å². The number of fused-ring (bicyclic) bond motifs is 4. The number of para-hydroxylation sites is 1. The van der Waals surface area contributed by atoms with Gasteiger partial charge in [-0.2, -0.15) is 0 Å². The third-order valence-corrected chi connectivity index (χ3v) is 6.76. The number of nitrogens with zero attached hydrogens (tertiary/aromatic N) is 3. The summed E-state index contributed by atoms with van der Waals surface area (Å²) in [7, 11) is 2.01. The minimum Gasteiger partial charge on any atom is -0.489 e. The van der Waals surface area contributed by atoms with E-state index in [1.165, 1.54) is 5.56 Å². The van der Waals surface area contributed by atoms with E-state index in [0.29, 0.717) is 17.7 Å². The Balaban J connectivity index is 1.45. The van der Waals surface area contributed by atoms with Gasteiger partial charge < -0.3 is 14.5 Å². The minimum atomic E-state index is -0.374. The highest BCUT2D eigenvalue weighted by atomic mass is 16.6. The normalized spacial score (nSPS) is 16.6. The zero-order chi connectivity index (χ0) is 24.0. The van der Waals surface area contributed by atoms with E-state index < -0.39 is 0 Å². The molecule has 7 heteroatoms. The molecule has 0 saturated carbocycles. The van der Waals surface area contributed by atoms with Crippen molar-refractivity contribution >= 4 is 23.0 Å². The molecule has 3 aromatic carbocycles. The number of ether oxygens (including phenoxy) is 1. The first-order valence-corrected chi connectivity index (χ1v) is 11.5. The van der Waals surface area contributed by atoms with Crippen molar-refractivity contribution in [2.75, 3.05) is 23.4 Å². The summed E-state index contributed by atoms with van der Waals surface area (Å²) in [4.78, 5) is 28.6. The van der Waals surface area contributed by atoms with Crippen molar-refractivity contribution in [1.29, 1.82) is 0 Å². The SMILES string of the molecule is CCc1cc(COc2cc3c(cc2C)C(=O)N2c4ccccc4C[C@H]2CN3C)cc([N+](=O)[O-])c1. The fourth-order valence-corrected chi connectivity index (χ4v) is 5.04. The molecule has 0 fully saturated rings. The number of amides is 1. The van der Waals surface area contributed by atoms with E-state index in [0.717, 1.165) is 41.0 Å². The number of aryl methyl sites for hydroxylation is 2. The number of likely N-dealkylation sites (N-methyl/N-ethyl adjacent to an activating group) is 1. The van der Waals surface area contributed by atoms with Gasteiger partial charge in [0.1, 0.15) is 12.4 Å². The van der Waals surface area contributed by atoms with Crippen molar-refractivity contribution in [2.45, 2.75) is 39.3 Å². The fraction of sp³-hybridized carbons (Fsp3) is 0.296. The topological polar surface area (TPSA) is 75.9 Å². The molecular formula is C27H27N3O4. The zero-order valence-electron chi connectivity index (χ0n) is 19.6. The Morgan fingerprint density at radius 1 is 1.09 bits per heavy atom. The molecule has 1 amide bonds.